The molecular weight excluding hydrogens is 339 g/mol. The van der Waals surface area contributed by atoms with Crippen molar-refractivity contribution >= 4 is 5.91 Å². The van der Waals surface area contributed by atoms with Gasteiger partial charge in [0.1, 0.15) is 0 Å². The number of carbonyl (C=O) groups excluding carboxylic acids is 1. The van der Waals surface area contributed by atoms with E-state index in [1.165, 1.54) is 6.20 Å². The van der Waals surface area contributed by atoms with Crippen molar-refractivity contribution in [1.82, 2.24) is 24.2 Å². The van der Waals surface area contributed by atoms with Crippen LogP contribution in [0.5, 0.6) is 0 Å². The van der Waals surface area contributed by atoms with Crippen molar-refractivity contribution < 1.29 is 18.0 Å². The Morgan fingerprint density at radius 1 is 1.28 bits per heavy atom. The normalized spacial score (nSPS) is 16.2. The maximum Gasteiger partial charge on any atom is 0.451 e. The number of piperidine rings is 1. The lowest BCUT2D eigenvalue weighted by Crippen LogP contribution is -2.41. The molecule has 1 fully saturated rings. The Bertz CT molecular complexity index is 820. The first-order valence-corrected chi connectivity index (χ1v) is 7.71. The van der Waals surface area contributed by atoms with E-state index in [4.69, 9.17) is 0 Å². The van der Waals surface area contributed by atoms with E-state index in [1.807, 2.05) is 0 Å². The Hall–Kier alpha value is -2.65. The molecule has 0 spiro atoms. The van der Waals surface area contributed by atoms with Crippen LogP contribution < -0.4 is 5.69 Å². The van der Waals surface area contributed by atoms with Crippen LogP contribution in [0.15, 0.2) is 29.3 Å². The summed E-state index contributed by atoms with van der Waals surface area (Å²) in [5, 5.41) is 3.46. The van der Waals surface area contributed by atoms with Gasteiger partial charge in [-0.15, -0.1) is 5.10 Å². The van der Waals surface area contributed by atoms with Gasteiger partial charge in [0.25, 0.3) is 5.91 Å². The number of rotatable bonds is 2. The quantitative estimate of drug-likeness (QED) is 0.818. The van der Waals surface area contributed by atoms with Crippen LogP contribution in [0.3, 0.4) is 0 Å². The highest BCUT2D eigenvalue weighted by molar-refractivity contribution is 5.93. The van der Waals surface area contributed by atoms with Gasteiger partial charge in [-0.3, -0.25) is 14.3 Å². The van der Waals surface area contributed by atoms with Crippen LogP contribution in [0.25, 0.3) is 0 Å². The molecule has 10 heteroatoms. The molecule has 3 heterocycles. The van der Waals surface area contributed by atoms with E-state index in [2.05, 4.69) is 10.1 Å². The third-order valence-corrected chi connectivity index (χ3v) is 4.26. The molecule has 0 radical (unpaired) electrons. The highest BCUT2D eigenvalue weighted by Crippen LogP contribution is 2.28. The van der Waals surface area contributed by atoms with Crippen molar-refractivity contribution in [2.75, 3.05) is 13.1 Å². The second-order valence-corrected chi connectivity index (χ2v) is 5.87. The van der Waals surface area contributed by atoms with E-state index < -0.39 is 23.7 Å². The van der Waals surface area contributed by atoms with Gasteiger partial charge in [-0.05, 0) is 25.0 Å². The Balaban J connectivity index is 1.73. The molecule has 0 unspecified atom stereocenters. The molecule has 7 nitrogen and oxygen atoms in total. The summed E-state index contributed by atoms with van der Waals surface area (Å²) in [7, 11) is 1.05. The van der Waals surface area contributed by atoms with Gasteiger partial charge in [-0.25, -0.2) is 9.48 Å². The fraction of sp³-hybridized carbons (Fsp3) is 0.467. The van der Waals surface area contributed by atoms with Crippen molar-refractivity contribution in [3.63, 3.8) is 0 Å². The van der Waals surface area contributed by atoms with E-state index in [0.717, 1.165) is 11.7 Å². The van der Waals surface area contributed by atoms with Crippen molar-refractivity contribution in [2.45, 2.75) is 25.1 Å². The van der Waals surface area contributed by atoms with Gasteiger partial charge in [-0.1, -0.05) is 0 Å². The first-order chi connectivity index (χ1) is 11.8. The molecule has 0 bridgehead atoms. The summed E-state index contributed by atoms with van der Waals surface area (Å²) in [4.78, 5) is 29.9. The summed E-state index contributed by atoms with van der Waals surface area (Å²) in [6.07, 6.45) is -0.932. The van der Waals surface area contributed by atoms with Gasteiger partial charge in [-0.2, -0.15) is 13.2 Å². The third kappa shape index (κ3) is 3.28. The number of pyridine rings is 1. The van der Waals surface area contributed by atoms with Gasteiger partial charge in [0, 0.05) is 32.5 Å². The van der Waals surface area contributed by atoms with Gasteiger partial charge in [0.15, 0.2) is 0 Å². The van der Waals surface area contributed by atoms with Gasteiger partial charge < -0.3 is 4.90 Å². The SMILES string of the molecule is Cn1c(C(F)(F)F)nn(C2CCN(C(=O)c3cccnc3)CC2)c1=O. The zero-order valence-electron chi connectivity index (χ0n) is 13.4. The maximum absolute atomic E-state index is 12.9. The second-order valence-electron chi connectivity index (χ2n) is 5.87. The predicted molar refractivity (Wildman–Crippen MR) is 80.9 cm³/mol. The molecule has 1 aliphatic heterocycles. The molecule has 0 aromatic carbocycles. The molecule has 1 amide bonds. The van der Waals surface area contributed by atoms with Gasteiger partial charge in [0.05, 0.1) is 11.6 Å². The Labute approximate surface area is 140 Å². The minimum absolute atomic E-state index is 0.184. The van der Waals surface area contributed by atoms with Crippen molar-refractivity contribution in [2.24, 2.45) is 7.05 Å². The zero-order chi connectivity index (χ0) is 18.2. The topological polar surface area (TPSA) is 73.0 Å². The highest BCUT2D eigenvalue weighted by atomic mass is 19.4. The summed E-state index contributed by atoms with van der Waals surface area (Å²) in [6.45, 7) is 0.672. The molecule has 0 saturated carbocycles. The molecule has 0 atom stereocenters. The third-order valence-electron chi connectivity index (χ3n) is 4.26. The number of likely N-dealkylation sites (tertiary alicyclic amines) is 1. The molecule has 1 saturated heterocycles. The number of halogens is 3. The van der Waals surface area contributed by atoms with Crippen LogP contribution in [0.4, 0.5) is 13.2 Å². The number of aromatic nitrogens is 4. The highest BCUT2D eigenvalue weighted by Gasteiger charge is 2.39. The van der Waals surface area contributed by atoms with Crippen LogP contribution in [0, 0.1) is 0 Å². The second kappa shape index (κ2) is 6.34. The lowest BCUT2D eigenvalue weighted by molar-refractivity contribution is -0.147. The van der Waals surface area contributed by atoms with Gasteiger partial charge >= 0.3 is 11.9 Å². The minimum atomic E-state index is -4.68. The minimum Gasteiger partial charge on any atom is -0.338 e. The molecule has 1 aliphatic rings. The summed E-state index contributed by atoms with van der Waals surface area (Å²) in [6, 6.07) is 2.85. The Morgan fingerprint density at radius 3 is 2.48 bits per heavy atom. The van der Waals surface area contributed by atoms with Crippen LogP contribution >= 0.6 is 0 Å². The zero-order valence-corrected chi connectivity index (χ0v) is 13.4. The number of amides is 1. The van der Waals surface area contributed by atoms with E-state index in [9.17, 15) is 22.8 Å². The van der Waals surface area contributed by atoms with E-state index in [0.29, 0.717) is 36.1 Å². The number of hydrogen-bond donors (Lipinski definition) is 0. The first-order valence-electron chi connectivity index (χ1n) is 7.71. The average molecular weight is 355 g/mol. The Kier molecular flexibility index (Phi) is 4.36. The molecule has 134 valence electrons. The Morgan fingerprint density at radius 2 is 1.96 bits per heavy atom. The van der Waals surface area contributed by atoms with Crippen LogP contribution in [-0.2, 0) is 13.2 Å². The van der Waals surface area contributed by atoms with E-state index in [1.54, 1.807) is 23.2 Å². The van der Waals surface area contributed by atoms with Crippen LogP contribution in [-0.4, -0.2) is 43.2 Å². The van der Waals surface area contributed by atoms with E-state index >= 15 is 0 Å². The average Bonchev–Trinajstić information content (AvgIpc) is 2.91. The molecule has 2 aromatic heterocycles. The molecule has 2 aromatic rings. The monoisotopic (exact) mass is 355 g/mol. The smallest absolute Gasteiger partial charge is 0.338 e. The number of alkyl halides is 3. The fourth-order valence-electron chi connectivity index (χ4n) is 2.93. The first kappa shape index (κ1) is 17.2. The molecule has 3 rings (SSSR count). The summed E-state index contributed by atoms with van der Waals surface area (Å²) >= 11 is 0. The van der Waals surface area contributed by atoms with E-state index in [-0.39, 0.29) is 5.91 Å². The molecular formula is C15H16F3N5O2. The molecule has 0 aliphatic carbocycles. The molecule has 25 heavy (non-hydrogen) atoms. The lowest BCUT2D eigenvalue weighted by atomic mass is 10.0. The predicted octanol–water partition coefficient (Wildman–Crippen LogP) is 1.47. The number of nitrogens with zero attached hydrogens (tertiary/aromatic N) is 5. The summed E-state index contributed by atoms with van der Waals surface area (Å²) in [5.74, 6) is -1.40. The number of hydrogen-bond acceptors (Lipinski definition) is 4. The lowest BCUT2D eigenvalue weighted by Gasteiger charge is -2.31. The maximum atomic E-state index is 12.9. The largest absolute Gasteiger partial charge is 0.451 e. The summed E-state index contributed by atoms with van der Waals surface area (Å²) < 4.78 is 40.0. The van der Waals surface area contributed by atoms with Crippen molar-refractivity contribution in [1.29, 1.82) is 0 Å². The fourth-order valence-corrected chi connectivity index (χ4v) is 2.93. The van der Waals surface area contributed by atoms with Crippen LogP contribution in [0.2, 0.25) is 0 Å². The van der Waals surface area contributed by atoms with Crippen LogP contribution in [0.1, 0.15) is 35.1 Å². The number of carbonyl (C=O) groups is 1. The van der Waals surface area contributed by atoms with Crippen molar-refractivity contribution in [3.8, 4) is 0 Å². The standard InChI is InChI=1S/C15H16F3N5O2/c1-21-13(15(16,17)18)20-23(14(21)25)11-4-7-22(8-5-11)12(24)10-3-2-6-19-9-10/h2-3,6,9,11H,4-5,7-8H2,1H3. The molecule has 0 N–H and O–H groups in total. The van der Waals surface area contributed by atoms with Crippen molar-refractivity contribution in [3.05, 3.63) is 46.4 Å². The summed E-state index contributed by atoms with van der Waals surface area (Å²) in [5.41, 5.74) is -0.348. The van der Waals surface area contributed by atoms with Gasteiger partial charge in [0.2, 0.25) is 5.82 Å².